The van der Waals surface area contributed by atoms with Crippen LogP contribution in [0.25, 0.3) is 6.08 Å². The van der Waals surface area contributed by atoms with Crippen LogP contribution in [-0.4, -0.2) is 48.7 Å². The molecule has 0 aromatic heterocycles. The Morgan fingerprint density at radius 3 is 2.62 bits per heavy atom. The van der Waals surface area contributed by atoms with Crippen molar-refractivity contribution in [1.29, 1.82) is 0 Å². The quantitative estimate of drug-likeness (QED) is 0.575. The minimum atomic E-state index is -0.178. The van der Waals surface area contributed by atoms with Crippen molar-refractivity contribution in [3.63, 3.8) is 0 Å². The summed E-state index contributed by atoms with van der Waals surface area (Å²) in [6, 6.07) is 12.6. The van der Waals surface area contributed by atoms with Crippen LogP contribution in [0.3, 0.4) is 0 Å². The molecule has 2 aliphatic rings. The lowest BCUT2D eigenvalue weighted by molar-refractivity contribution is -0.127. The summed E-state index contributed by atoms with van der Waals surface area (Å²) in [5, 5.41) is 0. The minimum absolute atomic E-state index is 0.00845. The van der Waals surface area contributed by atoms with E-state index in [2.05, 4.69) is 4.90 Å². The largest absolute Gasteiger partial charge is 0.454 e. The summed E-state index contributed by atoms with van der Waals surface area (Å²) in [7, 11) is 0. The van der Waals surface area contributed by atoms with E-state index >= 15 is 0 Å². The molecule has 150 valence electrons. The molecule has 2 aromatic rings. The second-order valence-corrected chi connectivity index (χ2v) is 7.02. The van der Waals surface area contributed by atoms with Crippen LogP contribution in [0.4, 0.5) is 4.39 Å². The molecule has 1 saturated heterocycles. The van der Waals surface area contributed by atoms with E-state index in [1.807, 2.05) is 47.4 Å². The summed E-state index contributed by atoms with van der Waals surface area (Å²) < 4.78 is 24.4. The Hall–Kier alpha value is -3.12. The minimum Gasteiger partial charge on any atom is -0.454 e. The SMILES string of the molecule is O=C(/C=C/C=C/c1ccc2c(c1)OCO2)N1CCN(Cc2ccccc2F)CC1. The number of nitrogens with zero attached hydrogens (tertiary/aromatic N) is 2. The molecule has 0 bridgehead atoms. The Bertz CT molecular complexity index is 933. The van der Waals surface area contributed by atoms with Crippen LogP contribution >= 0.6 is 0 Å². The molecule has 2 aromatic carbocycles. The first kappa shape index (κ1) is 19.2. The number of halogens is 1. The molecular weight excluding hydrogens is 371 g/mol. The van der Waals surface area contributed by atoms with Crippen LogP contribution in [0.15, 0.2) is 60.7 Å². The molecule has 0 radical (unpaired) electrons. The molecule has 0 atom stereocenters. The average Bonchev–Trinajstić information content (AvgIpc) is 3.21. The first-order valence-electron chi connectivity index (χ1n) is 9.68. The normalized spacial score (nSPS) is 16.8. The molecule has 1 fully saturated rings. The Kier molecular flexibility index (Phi) is 5.91. The van der Waals surface area contributed by atoms with E-state index in [9.17, 15) is 9.18 Å². The van der Waals surface area contributed by atoms with E-state index in [0.29, 0.717) is 25.2 Å². The monoisotopic (exact) mass is 394 g/mol. The van der Waals surface area contributed by atoms with E-state index in [-0.39, 0.29) is 18.5 Å². The second kappa shape index (κ2) is 8.92. The topological polar surface area (TPSA) is 42.0 Å². The summed E-state index contributed by atoms with van der Waals surface area (Å²) in [5.74, 6) is 1.30. The van der Waals surface area contributed by atoms with Crippen molar-refractivity contribution in [2.75, 3.05) is 33.0 Å². The van der Waals surface area contributed by atoms with Crippen molar-refractivity contribution in [2.45, 2.75) is 6.54 Å². The number of piperazine rings is 1. The molecule has 2 heterocycles. The van der Waals surface area contributed by atoms with Crippen LogP contribution < -0.4 is 9.47 Å². The van der Waals surface area contributed by atoms with Gasteiger partial charge in [-0.1, -0.05) is 42.5 Å². The van der Waals surface area contributed by atoms with E-state index in [0.717, 1.165) is 30.2 Å². The highest BCUT2D eigenvalue weighted by Crippen LogP contribution is 2.32. The molecule has 0 saturated carbocycles. The van der Waals surface area contributed by atoms with E-state index in [1.54, 1.807) is 18.2 Å². The summed E-state index contributed by atoms with van der Waals surface area (Å²) in [6.45, 7) is 3.59. The van der Waals surface area contributed by atoms with Gasteiger partial charge in [0.05, 0.1) is 0 Å². The molecule has 0 N–H and O–H groups in total. The number of amides is 1. The number of benzene rings is 2. The van der Waals surface area contributed by atoms with Gasteiger partial charge in [0.2, 0.25) is 12.7 Å². The highest BCUT2D eigenvalue weighted by molar-refractivity contribution is 5.88. The number of hydrogen-bond acceptors (Lipinski definition) is 4. The third-order valence-electron chi connectivity index (χ3n) is 5.07. The summed E-state index contributed by atoms with van der Waals surface area (Å²) >= 11 is 0. The zero-order chi connectivity index (χ0) is 20.1. The lowest BCUT2D eigenvalue weighted by atomic mass is 10.2. The van der Waals surface area contributed by atoms with Crippen LogP contribution in [-0.2, 0) is 11.3 Å². The Morgan fingerprint density at radius 2 is 1.79 bits per heavy atom. The Balaban J connectivity index is 1.25. The highest BCUT2D eigenvalue weighted by Gasteiger charge is 2.20. The van der Waals surface area contributed by atoms with Crippen molar-refractivity contribution in [3.8, 4) is 11.5 Å². The number of allylic oxidation sites excluding steroid dienone is 2. The molecule has 29 heavy (non-hydrogen) atoms. The summed E-state index contributed by atoms with van der Waals surface area (Å²) in [6.07, 6.45) is 7.08. The van der Waals surface area contributed by atoms with Gasteiger partial charge in [0.1, 0.15) is 5.82 Å². The zero-order valence-corrected chi connectivity index (χ0v) is 16.1. The number of fused-ring (bicyclic) bond motifs is 1. The molecule has 0 unspecified atom stereocenters. The molecule has 0 aliphatic carbocycles. The van der Waals surface area contributed by atoms with Gasteiger partial charge in [-0.25, -0.2) is 4.39 Å². The van der Waals surface area contributed by atoms with Crippen molar-refractivity contribution in [2.24, 2.45) is 0 Å². The molecule has 2 aliphatic heterocycles. The van der Waals surface area contributed by atoms with E-state index in [4.69, 9.17) is 9.47 Å². The lowest BCUT2D eigenvalue weighted by Gasteiger charge is -2.34. The smallest absolute Gasteiger partial charge is 0.246 e. The van der Waals surface area contributed by atoms with Gasteiger partial charge in [0, 0.05) is 44.4 Å². The molecule has 4 rings (SSSR count). The Labute approximate surface area is 169 Å². The van der Waals surface area contributed by atoms with E-state index < -0.39 is 0 Å². The number of hydrogen-bond donors (Lipinski definition) is 0. The Morgan fingerprint density at radius 1 is 1.00 bits per heavy atom. The summed E-state index contributed by atoms with van der Waals surface area (Å²) in [4.78, 5) is 16.4. The zero-order valence-electron chi connectivity index (χ0n) is 16.1. The first-order chi connectivity index (χ1) is 14.2. The van der Waals surface area contributed by atoms with Gasteiger partial charge in [-0.05, 0) is 23.8 Å². The van der Waals surface area contributed by atoms with Crippen LogP contribution in [0.5, 0.6) is 11.5 Å². The molecule has 1 amide bonds. The van der Waals surface area contributed by atoms with Gasteiger partial charge >= 0.3 is 0 Å². The maximum Gasteiger partial charge on any atom is 0.246 e. The third-order valence-corrected chi connectivity index (χ3v) is 5.07. The number of carbonyl (C=O) groups excluding carboxylic acids is 1. The van der Waals surface area contributed by atoms with Crippen molar-refractivity contribution >= 4 is 12.0 Å². The summed E-state index contributed by atoms with van der Waals surface area (Å²) in [5.41, 5.74) is 1.67. The number of rotatable bonds is 5. The maximum atomic E-state index is 13.8. The standard InChI is InChI=1S/C23H23FN2O3/c24-20-7-3-2-6-19(20)16-25-11-13-26(14-12-25)23(27)8-4-1-5-18-9-10-21-22(15-18)29-17-28-21/h1-10,15H,11-14,16-17H2/b5-1+,8-4+. The van der Waals surface area contributed by atoms with Crippen LogP contribution in [0.2, 0.25) is 0 Å². The van der Waals surface area contributed by atoms with Crippen molar-refractivity contribution < 1.29 is 18.7 Å². The van der Waals surface area contributed by atoms with Gasteiger partial charge in [-0.2, -0.15) is 0 Å². The van der Waals surface area contributed by atoms with Crippen LogP contribution in [0, 0.1) is 5.82 Å². The maximum absolute atomic E-state index is 13.8. The predicted octanol–water partition coefficient (Wildman–Crippen LogP) is 3.47. The predicted molar refractivity (Wildman–Crippen MR) is 109 cm³/mol. The number of carbonyl (C=O) groups is 1. The average molecular weight is 394 g/mol. The first-order valence-corrected chi connectivity index (χ1v) is 9.68. The second-order valence-electron chi connectivity index (χ2n) is 7.02. The van der Waals surface area contributed by atoms with Gasteiger partial charge in [0.25, 0.3) is 0 Å². The molecule has 5 nitrogen and oxygen atoms in total. The molecular formula is C23H23FN2O3. The van der Waals surface area contributed by atoms with Gasteiger partial charge < -0.3 is 14.4 Å². The fourth-order valence-electron chi connectivity index (χ4n) is 3.42. The third kappa shape index (κ3) is 4.84. The number of ether oxygens (including phenoxy) is 2. The van der Waals surface area contributed by atoms with Gasteiger partial charge in [-0.3, -0.25) is 9.69 Å². The highest BCUT2D eigenvalue weighted by atomic mass is 19.1. The van der Waals surface area contributed by atoms with Crippen molar-refractivity contribution in [3.05, 3.63) is 77.6 Å². The molecule has 0 spiro atoms. The molecule has 6 heteroatoms. The fourth-order valence-corrected chi connectivity index (χ4v) is 3.42. The van der Waals surface area contributed by atoms with Crippen LogP contribution in [0.1, 0.15) is 11.1 Å². The van der Waals surface area contributed by atoms with Gasteiger partial charge in [-0.15, -0.1) is 0 Å². The van der Waals surface area contributed by atoms with Gasteiger partial charge in [0.15, 0.2) is 11.5 Å². The fraction of sp³-hybridized carbons (Fsp3) is 0.261. The van der Waals surface area contributed by atoms with Crippen molar-refractivity contribution in [1.82, 2.24) is 9.80 Å². The van der Waals surface area contributed by atoms with E-state index in [1.165, 1.54) is 6.07 Å². The lowest BCUT2D eigenvalue weighted by Crippen LogP contribution is -2.47.